The highest BCUT2D eigenvalue weighted by Gasteiger charge is 2.19. The fraction of sp³-hybridized carbons (Fsp3) is 0.533. The van der Waals surface area contributed by atoms with Gasteiger partial charge in [-0.15, -0.1) is 11.3 Å². The highest BCUT2D eigenvalue weighted by molar-refractivity contribution is 7.15. The van der Waals surface area contributed by atoms with Crippen LogP contribution in [-0.2, 0) is 12.8 Å². The molecule has 102 valence electrons. The molecule has 2 aromatic heterocycles. The second-order valence-electron chi connectivity index (χ2n) is 5.07. The Bertz CT molecular complexity index is 528. The molecule has 0 radical (unpaired) electrons. The van der Waals surface area contributed by atoms with E-state index in [1.807, 2.05) is 6.20 Å². The predicted octanol–water partition coefficient (Wildman–Crippen LogP) is 3.65. The first-order chi connectivity index (χ1) is 9.35. The summed E-state index contributed by atoms with van der Waals surface area (Å²) in [5.74, 6) is 1.77. The Balaban J connectivity index is 1.52. The molecule has 1 aliphatic carbocycles. The van der Waals surface area contributed by atoms with Gasteiger partial charge < -0.3 is 9.73 Å². The first-order valence-corrected chi connectivity index (χ1v) is 7.94. The van der Waals surface area contributed by atoms with Gasteiger partial charge in [0.15, 0.2) is 11.7 Å². The van der Waals surface area contributed by atoms with Crippen molar-refractivity contribution in [1.29, 1.82) is 0 Å². The van der Waals surface area contributed by atoms with Gasteiger partial charge in [0, 0.05) is 17.3 Å². The van der Waals surface area contributed by atoms with E-state index in [0.29, 0.717) is 0 Å². The maximum Gasteiger partial charge on any atom is 0.194 e. The second kappa shape index (κ2) is 5.88. The van der Waals surface area contributed by atoms with E-state index in [0.717, 1.165) is 43.5 Å². The smallest absolute Gasteiger partial charge is 0.194 e. The first kappa shape index (κ1) is 12.9. The molecule has 19 heavy (non-hydrogen) atoms. The van der Waals surface area contributed by atoms with E-state index in [1.54, 1.807) is 11.3 Å². The molecule has 1 aliphatic rings. The zero-order chi connectivity index (χ0) is 13.1. The summed E-state index contributed by atoms with van der Waals surface area (Å²) in [5.41, 5.74) is 0. The molecule has 0 aromatic carbocycles. The molecule has 2 aromatic rings. The van der Waals surface area contributed by atoms with Gasteiger partial charge in [-0.3, -0.25) is 0 Å². The van der Waals surface area contributed by atoms with Crippen LogP contribution in [0.25, 0.3) is 10.6 Å². The molecule has 0 atom stereocenters. The van der Waals surface area contributed by atoms with Gasteiger partial charge in [0.05, 0.1) is 11.1 Å². The molecule has 0 unspecified atom stereocenters. The maximum absolute atomic E-state index is 5.82. The Morgan fingerprint density at radius 2 is 2.32 bits per heavy atom. The third-order valence-corrected chi connectivity index (χ3v) is 4.63. The van der Waals surface area contributed by atoms with E-state index in [2.05, 4.69) is 29.4 Å². The Labute approximate surface area is 118 Å². The van der Waals surface area contributed by atoms with Crippen LogP contribution in [0.1, 0.15) is 37.0 Å². The zero-order valence-corrected chi connectivity index (χ0v) is 12.1. The molecule has 0 saturated heterocycles. The summed E-state index contributed by atoms with van der Waals surface area (Å²) in [4.78, 5) is 6.95. The lowest BCUT2D eigenvalue weighted by atomic mass is 10.3. The van der Waals surface area contributed by atoms with Crippen LogP contribution in [0, 0.1) is 0 Å². The molecule has 2 heterocycles. The highest BCUT2D eigenvalue weighted by Crippen LogP contribution is 2.29. The van der Waals surface area contributed by atoms with Gasteiger partial charge in [-0.1, -0.05) is 6.92 Å². The van der Waals surface area contributed by atoms with Crippen LogP contribution in [0.5, 0.6) is 0 Å². The van der Waals surface area contributed by atoms with Crippen molar-refractivity contribution in [3.8, 4) is 10.6 Å². The fourth-order valence-corrected chi connectivity index (χ4v) is 2.97. The summed E-state index contributed by atoms with van der Waals surface area (Å²) < 4.78 is 5.82. The van der Waals surface area contributed by atoms with Gasteiger partial charge >= 0.3 is 0 Å². The predicted molar refractivity (Wildman–Crippen MR) is 78.5 cm³/mol. The van der Waals surface area contributed by atoms with Gasteiger partial charge in [0.2, 0.25) is 0 Å². The van der Waals surface area contributed by atoms with E-state index in [1.165, 1.54) is 22.6 Å². The minimum absolute atomic E-state index is 0.790. The minimum Gasteiger partial charge on any atom is -0.440 e. The number of rotatable bonds is 7. The van der Waals surface area contributed by atoms with Crippen molar-refractivity contribution in [2.75, 3.05) is 6.54 Å². The molecule has 4 heteroatoms. The molecule has 1 saturated carbocycles. The maximum atomic E-state index is 5.82. The topological polar surface area (TPSA) is 38.1 Å². The second-order valence-corrected chi connectivity index (χ2v) is 6.24. The number of hydrogen-bond acceptors (Lipinski definition) is 4. The Morgan fingerprint density at radius 3 is 3.05 bits per heavy atom. The summed E-state index contributed by atoms with van der Waals surface area (Å²) in [6, 6.07) is 5.09. The molecule has 1 N–H and O–H groups in total. The third kappa shape index (κ3) is 3.45. The lowest BCUT2D eigenvalue weighted by molar-refractivity contribution is 0.492. The fourth-order valence-electron chi connectivity index (χ4n) is 2.07. The van der Waals surface area contributed by atoms with Crippen LogP contribution < -0.4 is 5.32 Å². The van der Waals surface area contributed by atoms with Crippen LogP contribution in [-0.4, -0.2) is 17.6 Å². The Kier molecular flexibility index (Phi) is 3.99. The number of nitrogens with zero attached hydrogens (tertiary/aromatic N) is 1. The zero-order valence-electron chi connectivity index (χ0n) is 11.3. The molecule has 0 amide bonds. The molecular weight excluding hydrogens is 256 g/mol. The Morgan fingerprint density at radius 1 is 1.42 bits per heavy atom. The van der Waals surface area contributed by atoms with E-state index in [9.17, 15) is 0 Å². The van der Waals surface area contributed by atoms with E-state index in [4.69, 9.17) is 4.42 Å². The summed E-state index contributed by atoms with van der Waals surface area (Å²) in [7, 11) is 0. The van der Waals surface area contributed by atoms with E-state index in [-0.39, 0.29) is 0 Å². The standard InChI is InChI=1S/C15H20N2OS/c1-2-12-7-8-14(19-12)13-10-17-15(18-13)4-3-9-16-11-5-6-11/h7-8,10-11,16H,2-6,9H2,1H3. The molecular formula is C15H20N2OS. The molecule has 1 fully saturated rings. The number of aromatic nitrogens is 1. The highest BCUT2D eigenvalue weighted by atomic mass is 32.1. The van der Waals surface area contributed by atoms with Crippen molar-refractivity contribution in [2.45, 2.75) is 45.1 Å². The average Bonchev–Trinajstić information content (AvgIpc) is 2.94. The first-order valence-electron chi connectivity index (χ1n) is 7.12. The SMILES string of the molecule is CCc1ccc(-c2cnc(CCCNC3CC3)o2)s1. The van der Waals surface area contributed by atoms with Crippen molar-refractivity contribution < 1.29 is 4.42 Å². The van der Waals surface area contributed by atoms with Gasteiger partial charge in [0.1, 0.15) is 0 Å². The van der Waals surface area contributed by atoms with Crippen molar-refractivity contribution in [2.24, 2.45) is 0 Å². The summed E-state index contributed by atoms with van der Waals surface area (Å²) >= 11 is 1.79. The van der Waals surface area contributed by atoms with Crippen molar-refractivity contribution in [1.82, 2.24) is 10.3 Å². The lowest BCUT2D eigenvalue weighted by Crippen LogP contribution is -2.17. The summed E-state index contributed by atoms with van der Waals surface area (Å²) in [6.45, 7) is 3.25. The summed E-state index contributed by atoms with van der Waals surface area (Å²) in [6.07, 6.45) is 7.66. The van der Waals surface area contributed by atoms with Crippen LogP contribution in [0.3, 0.4) is 0 Å². The number of nitrogens with one attached hydrogen (secondary N) is 1. The number of oxazole rings is 1. The lowest BCUT2D eigenvalue weighted by Gasteiger charge is -1.99. The van der Waals surface area contributed by atoms with Crippen molar-refractivity contribution >= 4 is 11.3 Å². The normalized spacial score (nSPS) is 15.0. The molecule has 0 aliphatic heterocycles. The minimum atomic E-state index is 0.790. The summed E-state index contributed by atoms with van der Waals surface area (Å²) in [5, 5.41) is 3.51. The quantitative estimate of drug-likeness (QED) is 0.784. The Hall–Kier alpha value is -1.13. The van der Waals surface area contributed by atoms with Crippen LogP contribution >= 0.6 is 11.3 Å². The largest absolute Gasteiger partial charge is 0.440 e. The number of aryl methyl sites for hydroxylation is 2. The van der Waals surface area contributed by atoms with Crippen LogP contribution in [0.4, 0.5) is 0 Å². The van der Waals surface area contributed by atoms with E-state index >= 15 is 0 Å². The molecule has 0 spiro atoms. The average molecular weight is 276 g/mol. The third-order valence-electron chi connectivity index (χ3n) is 3.38. The van der Waals surface area contributed by atoms with Crippen molar-refractivity contribution in [3.05, 3.63) is 29.1 Å². The van der Waals surface area contributed by atoms with Gasteiger partial charge in [-0.05, 0) is 44.4 Å². The van der Waals surface area contributed by atoms with Crippen LogP contribution in [0.2, 0.25) is 0 Å². The molecule has 3 rings (SSSR count). The molecule has 0 bridgehead atoms. The van der Waals surface area contributed by atoms with Gasteiger partial charge in [-0.2, -0.15) is 0 Å². The molecule has 3 nitrogen and oxygen atoms in total. The number of hydrogen-bond donors (Lipinski definition) is 1. The van der Waals surface area contributed by atoms with Gasteiger partial charge in [0.25, 0.3) is 0 Å². The van der Waals surface area contributed by atoms with Crippen molar-refractivity contribution in [3.63, 3.8) is 0 Å². The number of thiophene rings is 1. The van der Waals surface area contributed by atoms with Crippen LogP contribution in [0.15, 0.2) is 22.7 Å². The monoisotopic (exact) mass is 276 g/mol. The van der Waals surface area contributed by atoms with Gasteiger partial charge in [-0.25, -0.2) is 4.98 Å². The van der Waals surface area contributed by atoms with E-state index < -0.39 is 0 Å².